The Labute approximate surface area is 107 Å². The van der Waals surface area contributed by atoms with E-state index in [1.807, 2.05) is 37.3 Å². The van der Waals surface area contributed by atoms with Gasteiger partial charge in [0.05, 0.1) is 18.2 Å². The summed E-state index contributed by atoms with van der Waals surface area (Å²) in [5, 5.41) is 16.2. The molecule has 0 saturated carbocycles. The first-order valence-electron chi connectivity index (χ1n) is 6.45. The van der Waals surface area contributed by atoms with Crippen LogP contribution in [0.25, 0.3) is 0 Å². The van der Waals surface area contributed by atoms with Crippen molar-refractivity contribution in [3.63, 3.8) is 0 Å². The molecule has 3 N–H and O–H groups in total. The molecule has 1 saturated heterocycles. The van der Waals surface area contributed by atoms with Crippen LogP contribution in [0.1, 0.15) is 31.4 Å². The fraction of sp³-hybridized carbons (Fsp3) is 0.500. The maximum atomic E-state index is 11.9. The molecule has 2 rings (SSSR count). The topological polar surface area (TPSA) is 61.4 Å². The van der Waals surface area contributed by atoms with Crippen molar-refractivity contribution in [1.82, 2.24) is 10.6 Å². The van der Waals surface area contributed by atoms with E-state index >= 15 is 0 Å². The number of rotatable bonds is 4. The van der Waals surface area contributed by atoms with Crippen molar-refractivity contribution in [2.24, 2.45) is 0 Å². The van der Waals surface area contributed by atoms with E-state index in [0.29, 0.717) is 0 Å². The van der Waals surface area contributed by atoms with Crippen LogP contribution < -0.4 is 10.6 Å². The Bertz CT molecular complexity index is 388. The van der Waals surface area contributed by atoms with E-state index in [2.05, 4.69) is 10.6 Å². The normalized spacial score (nSPS) is 22.4. The molecule has 1 aliphatic rings. The summed E-state index contributed by atoms with van der Waals surface area (Å²) in [4.78, 5) is 11.9. The molecule has 1 fully saturated rings. The second kappa shape index (κ2) is 5.98. The van der Waals surface area contributed by atoms with Gasteiger partial charge in [-0.3, -0.25) is 4.79 Å². The zero-order chi connectivity index (χ0) is 13.0. The highest BCUT2D eigenvalue weighted by Crippen LogP contribution is 2.16. The number of aliphatic hydroxyl groups excluding tert-OH is 1. The SMILES string of the molecule is C[C@H](NC(=O)[C@@H]1CCCN1)[C@H](O)c1ccccc1. The van der Waals surface area contributed by atoms with Crippen LogP contribution in [-0.4, -0.2) is 29.6 Å². The third-order valence-electron chi connectivity index (χ3n) is 3.36. The Kier molecular flexibility index (Phi) is 4.33. The third kappa shape index (κ3) is 3.09. The van der Waals surface area contributed by atoms with Crippen LogP contribution >= 0.6 is 0 Å². The number of hydrogen-bond acceptors (Lipinski definition) is 3. The molecular formula is C14H20N2O2. The molecule has 0 spiro atoms. The fourth-order valence-electron chi connectivity index (χ4n) is 2.25. The van der Waals surface area contributed by atoms with Gasteiger partial charge in [0.2, 0.25) is 5.91 Å². The van der Waals surface area contributed by atoms with Crippen LogP contribution in [0.2, 0.25) is 0 Å². The van der Waals surface area contributed by atoms with Gasteiger partial charge in [-0.25, -0.2) is 0 Å². The van der Waals surface area contributed by atoms with Gasteiger partial charge in [-0.1, -0.05) is 30.3 Å². The molecule has 1 aromatic rings. The predicted octanol–water partition coefficient (Wildman–Crippen LogP) is 0.977. The third-order valence-corrected chi connectivity index (χ3v) is 3.36. The van der Waals surface area contributed by atoms with E-state index in [0.717, 1.165) is 24.9 Å². The molecule has 4 heteroatoms. The largest absolute Gasteiger partial charge is 0.386 e. The molecule has 0 unspecified atom stereocenters. The number of amides is 1. The number of aliphatic hydroxyl groups is 1. The van der Waals surface area contributed by atoms with Crippen LogP contribution in [0.5, 0.6) is 0 Å². The van der Waals surface area contributed by atoms with Gasteiger partial charge in [0.15, 0.2) is 0 Å². The zero-order valence-corrected chi connectivity index (χ0v) is 10.6. The molecule has 4 nitrogen and oxygen atoms in total. The highest BCUT2D eigenvalue weighted by atomic mass is 16.3. The van der Waals surface area contributed by atoms with Gasteiger partial charge in [0.1, 0.15) is 0 Å². The van der Waals surface area contributed by atoms with Crippen molar-refractivity contribution in [3.05, 3.63) is 35.9 Å². The summed E-state index contributed by atoms with van der Waals surface area (Å²) >= 11 is 0. The molecule has 1 aliphatic heterocycles. The Morgan fingerprint density at radius 1 is 1.44 bits per heavy atom. The summed E-state index contributed by atoms with van der Waals surface area (Å²) in [5.41, 5.74) is 0.824. The number of carbonyl (C=O) groups is 1. The van der Waals surface area contributed by atoms with E-state index in [9.17, 15) is 9.90 Å². The molecule has 18 heavy (non-hydrogen) atoms. The Hall–Kier alpha value is -1.39. The quantitative estimate of drug-likeness (QED) is 0.744. The monoisotopic (exact) mass is 248 g/mol. The second-order valence-electron chi connectivity index (χ2n) is 4.80. The minimum absolute atomic E-state index is 0.0185. The van der Waals surface area contributed by atoms with Crippen molar-refractivity contribution in [3.8, 4) is 0 Å². The van der Waals surface area contributed by atoms with Gasteiger partial charge in [-0.15, -0.1) is 0 Å². The van der Waals surface area contributed by atoms with E-state index in [1.54, 1.807) is 0 Å². The van der Waals surface area contributed by atoms with Crippen LogP contribution in [0.15, 0.2) is 30.3 Å². The molecule has 1 aromatic carbocycles. The average molecular weight is 248 g/mol. The van der Waals surface area contributed by atoms with Crippen LogP contribution in [-0.2, 0) is 4.79 Å². The summed E-state index contributed by atoms with van der Waals surface area (Å²) in [6.07, 6.45) is 1.24. The molecule has 0 radical (unpaired) electrons. The lowest BCUT2D eigenvalue weighted by atomic mass is 10.0. The molecule has 1 amide bonds. The highest BCUT2D eigenvalue weighted by molar-refractivity contribution is 5.82. The lowest BCUT2D eigenvalue weighted by molar-refractivity contribution is -0.124. The Morgan fingerprint density at radius 3 is 2.78 bits per heavy atom. The zero-order valence-electron chi connectivity index (χ0n) is 10.6. The smallest absolute Gasteiger partial charge is 0.237 e. The van der Waals surface area contributed by atoms with Gasteiger partial charge in [-0.05, 0) is 31.9 Å². The summed E-state index contributed by atoms with van der Waals surface area (Å²) < 4.78 is 0. The summed E-state index contributed by atoms with van der Waals surface area (Å²) in [6.45, 7) is 2.72. The van der Waals surface area contributed by atoms with E-state index < -0.39 is 6.10 Å². The summed E-state index contributed by atoms with van der Waals surface area (Å²) in [5.74, 6) is -0.0185. The predicted molar refractivity (Wildman–Crippen MR) is 70.0 cm³/mol. The van der Waals surface area contributed by atoms with E-state index in [1.165, 1.54) is 0 Å². The number of carbonyl (C=O) groups excluding carboxylic acids is 1. The number of hydrogen-bond donors (Lipinski definition) is 3. The van der Waals surface area contributed by atoms with Crippen LogP contribution in [0, 0.1) is 0 Å². The van der Waals surface area contributed by atoms with Crippen molar-refractivity contribution in [1.29, 1.82) is 0 Å². The van der Waals surface area contributed by atoms with E-state index in [-0.39, 0.29) is 18.0 Å². The first kappa shape index (κ1) is 13.1. The van der Waals surface area contributed by atoms with Gasteiger partial charge >= 0.3 is 0 Å². The van der Waals surface area contributed by atoms with Crippen molar-refractivity contribution < 1.29 is 9.90 Å². The summed E-state index contributed by atoms with van der Waals surface area (Å²) in [7, 11) is 0. The van der Waals surface area contributed by atoms with Crippen molar-refractivity contribution >= 4 is 5.91 Å². The fourth-order valence-corrected chi connectivity index (χ4v) is 2.25. The molecule has 98 valence electrons. The number of nitrogens with one attached hydrogen (secondary N) is 2. The Morgan fingerprint density at radius 2 is 2.17 bits per heavy atom. The first-order chi connectivity index (χ1) is 8.68. The van der Waals surface area contributed by atoms with Crippen LogP contribution in [0.4, 0.5) is 0 Å². The van der Waals surface area contributed by atoms with Gasteiger partial charge in [-0.2, -0.15) is 0 Å². The van der Waals surface area contributed by atoms with Crippen LogP contribution in [0.3, 0.4) is 0 Å². The highest BCUT2D eigenvalue weighted by Gasteiger charge is 2.25. The molecule has 0 aromatic heterocycles. The Balaban J connectivity index is 1.91. The summed E-state index contributed by atoms with van der Waals surface area (Å²) in [6, 6.07) is 9.00. The molecule has 3 atom stereocenters. The van der Waals surface area contributed by atoms with Gasteiger partial charge in [0, 0.05) is 0 Å². The maximum absolute atomic E-state index is 11.9. The lowest BCUT2D eigenvalue weighted by Crippen LogP contribution is -2.46. The maximum Gasteiger partial charge on any atom is 0.237 e. The van der Waals surface area contributed by atoms with Gasteiger partial charge < -0.3 is 15.7 Å². The lowest BCUT2D eigenvalue weighted by Gasteiger charge is -2.22. The molecule has 0 bridgehead atoms. The van der Waals surface area contributed by atoms with Gasteiger partial charge in [0.25, 0.3) is 0 Å². The van der Waals surface area contributed by atoms with E-state index in [4.69, 9.17) is 0 Å². The molecular weight excluding hydrogens is 228 g/mol. The van der Waals surface area contributed by atoms with Crippen molar-refractivity contribution in [2.45, 2.75) is 38.0 Å². The second-order valence-corrected chi connectivity index (χ2v) is 4.80. The first-order valence-corrected chi connectivity index (χ1v) is 6.45. The number of benzene rings is 1. The minimum atomic E-state index is -0.670. The average Bonchev–Trinajstić information content (AvgIpc) is 2.92. The standard InChI is InChI=1S/C14H20N2O2/c1-10(13(17)11-6-3-2-4-7-11)16-14(18)12-8-5-9-15-12/h2-4,6-7,10,12-13,15,17H,5,8-9H2,1H3,(H,16,18)/t10-,12-,13-/m0/s1. The molecule has 0 aliphatic carbocycles. The van der Waals surface area contributed by atoms with Crippen molar-refractivity contribution in [2.75, 3.05) is 6.54 Å². The molecule has 1 heterocycles. The minimum Gasteiger partial charge on any atom is -0.386 e.